The highest BCUT2D eigenvalue weighted by molar-refractivity contribution is 7.99. The number of rotatable bonds is 4. The second-order valence-electron chi connectivity index (χ2n) is 4.65. The molecule has 15 heavy (non-hydrogen) atoms. The topological polar surface area (TPSA) is 58.6 Å². The van der Waals surface area contributed by atoms with Crippen LogP contribution in [0.4, 0.5) is 0 Å². The van der Waals surface area contributed by atoms with Gasteiger partial charge in [0.25, 0.3) is 0 Å². The minimum atomic E-state index is 0.178. The molecule has 0 spiro atoms. The van der Waals surface area contributed by atoms with Crippen molar-refractivity contribution in [2.24, 2.45) is 22.7 Å². The Morgan fingerprint density at radius 1 is 1.60 bits per heavy atom. The number of nitrogens with two attached hydrogens (primary N) is 1. The van der Waals surface area contributed by atoms with Crippen LogP contribution in [-0.2, 0) is 0 Å². The van der Waals surface area contributed by atoms with E-state index in [0.717, 1.165) is 16.9 Å². The Kier molecular flexibility index (Phi) is 5.29. The predicted octanol–water partition coefficient (Wildman–Crippen LogP) is 2.68. The minimum absolute atomic E-state index is 0.178. The molecule has 1 aliphatic carbocycles. The highest BCUT2D eigenvalue weighted by Crippen LogP contribution is 2.32. The zero-order valence-electron chi connectivity index (χ0n) is 9.65. The van der Waals surface area contributed by atoms with E-state index in [0.29, 0.717) is 5.84 Å². The van der Waals surface area contributed by atoms with Crippen LogP contribution in [0.25, 0.3) is 0 Å². The SMILES string of the molecule is CC1CCCC(SCC(C)C(N)=NO)C1. The van der Waals surface area contributed by atoms with Crippen molar-refractivity contribution in [2.75, 3.05) is 5.75 Å². The van der Waals surface area contributed by atoms with Gasteiger partial charge in [-0.2, -0.15) is 11.8 Å². The van der Waals surface area contributed by atoms with E-state index in [-0.39, 0.29) is 5.92 Å². The smallest absolute Gasteiger partial charge is 0.142 e. The molecular weight excluding hydrogens is 208 g/mol. The Morgan fingerprint density at radius 2 is 2.33 bits per heavy atom. The average molecular weight is 230 g/mol. The molecule has 0 radical (unpaired) electrons. The quantitative estimate of drug-likeness (QED) is 0.338. The van der Waals surface area contributed by atoms with Gasteiger partial charge in [-0.25, -0.2) is 0 Å². The molecule has 0 amide bonds. The third kappa shape index (κ3) is 4.33. The molecule has 3 atom stereocenters. The molecule has 4 heteroatoms. The Labute approximate surface area is 96.5 Å². The highest BCUT2D eigenvalue weighted by Gasteiger charge is 2.20. The van der Waals surface area contributed by atoms with Crippen LogP contribution in [0.1, 0.15) is 39.5 Å². The molecule has 88 valence electrons. The first-order chi connectivity index (χ1) is 7.13. The van der Waals surface area contributed by atoms with Crippen LogP contribution in [0.15, 0.2) is 5.16 Å². The molecule has 0 bridgehead atoms. The van der Waals surface area contributed by atoms with Crippen molar-refractivity contribution in [1.82, 2.24) is 0 Å². The van der Waals surface area contributed by atoms with Gasteiger partial charge < -0.3 is 10.9 Å². The second kappa shape index (κ2) is 6.26. The van der Waals surface area contributed by atoms with Gasteiger partial charge >= 0.3 is 0 Å². The normalized spacial score (nSPS) is 30.1. The first kappa shape index (κ1) is 12.7. The van der Waals surface area contributed by atoms with Crippen LogP contribution < -0.4 is 5.73 Å². The van der Waals surface area contributed by atoms with Gasteiger partial charge in [0, 0.05) is 16.9 Å². The van der Waals surface area contributed by atoms with Crippen LogP contribution >= 0.6 is 11.8 Å². The Bertz CT molecular complexity index is 221. The zero-order valence-corrected chi connectivity index (χ0v) is 10.5. The van der Waals surface area contributed by atoms with Gasteiger partial charge in [-0.05, 0) is 18.8 Å². The molecule has 0 saturated heterocycles. The second-order valence-corrected chi connectivity index (χ2v) is 5.99. The first-order valence-electron chi connectivity index (χ1n) is 5.72. The van der Waals surface area contributed by atoms with Gasteiger partial charge in [-0.15, -0.1) is 0 Å². The number of hydrogen-bond acceptors (Lipinski definition) is 3. The van der Waals surface area contributed by atoms with Crippen molar-refractivity contribution in [3.8, 4) is 0 Å². The summed E-state index contributed by atoms with van der Waals surface area (Å²) in [4.78, 5) is 0. The number of amidine groups is 1. The Hall–Kier alpha value is -0.380. The van der Waals surface area contributed by atoms with Crippen molar-refractivity contribution in [3.05, 3.63) is 0 Å². The Morgan fingerprint density at radius 3 is 2.93 bits per heavy atom. The fourth-order valence-corrected chi connectivity index (χ4v) is 3.52. The molecule has 0 aliphatic heterocycles. The molecule has 1 aliphatic rings. The van der Waals surface area contributed by atoms with E-state index in [1.165, 1.54) is 25.7 Å². The van der Waals surface area contributed by atoms with Gasteiger partial charge in [0.1, 0.15) is 5.84 Å². The molecule has 1 saturated carbocycles. The lowest BCUT2D eigenvalue weighted by molar-refractivity contribution is 0.315. The fourth-order valence-electron chi connectivity index (χ4n) is 1.99. The predicted molar refractivity (Wildman–Crippen MR) is 66.5 cm³/mol. The van der Waals surface area contributed by atoms with Crippen LogP contribution in [-0.4, -0.2) is 22.0 Å². The van der Waals surface area contributed by atoms with Gasteiger partial charge in [-0.1, -0.05) is 31.8 Å². The maximum absolute atomic E-state index is 8.54. The summed E-state index contributed by atoms with van der Waals surface area (Å²) >= 11 is 1.98. The lowest BCUT2D eigenvalue weighted by Gasteiger charge is -2.26. The van der Waals surface area contributed by atoms with E-state index in [9.17, 15) is 0 Å². The van der Waals surface area contributed by atoms with Gasteiger partial charge in [0.2, 0.25) is 0 Å². The summed E-state index contributed by atoms with van der Waals surface area (Å²) in [5, 5.41) is 12.4. The van der Waals surface area contributed by atoms with Gasteiger partial charge in [0.05, 0.1) is 0 Å². The number of thioether (sulfide) groups is 1. The molecule has 1 fully saturated rings. The molecule has 3 nitrogen and oxygen atoms in total. The molecule has 0 aromatic heterocycles. The van der Waals surface area contributed by atoms with E-state index in [2.05, 4.69) is 12.1 Å². The van der Waals surface area contributed by atoms with Crippen LogP contribution in [0.5, 0.6) is 0 Å². The number of nitrogens with zero attached hydrogens (tertiary/aromatic N) is 1. The van der Waals surface area contributed by atoms with Crippen molar-refractivity contribution >= 4 is 17.6 Å². The fraction of sp³-hybridized carbons (Fsp3) is 0.909. The molecule has 0 heterocycles. The summed E-state index contributed by atoms with van der Waals surface area (Å²) in [6.07, 6.45) is 5.40. The molecule has 3 N–H and O–H groups in total. The molecule has 0 aromatic rings. The van der Waals surface area contributed by atoms with Crippen LogP contribution in [0.2, 0.25) is 0 Å². The standard InChI is InChI=1S/C11H22N2OS/c1-8-4-3-5-10(6-8)15-7-9(2)11(12)13-14/h8-10,14H,3-7H2,1-2H3,(H2,12,13). The lowest BCUT2D eigenvalue weighted by Crippen LogP contribution is -2.24. The van der Waals surface area contributed by atoms with Gasteiger partial charge in [-0.3, -0.25) is 0 Å². The molecule has 0 aromatic carbocycles. The summed E-state index contributed by atoms with van der Waals surface area (Å²) in [7, 11) is 0. The van der Waals surface area contributed by atoms with Crippen molar-refractivity contribution in [1.29, 1.82) is 0 Å². The molecule has 1 rings (SSSR count). The maximum atomic E-state index is 8.54. The number of oxime groups is 1. The summed E-state index contributed by atoms with van der Waals surface area (Å²) < 4.78 is 0. The third-order valence-corrected chi connectivity index (χ3v) is 4.68. The van der Waals surface area contributed by atoms with E-state index < -0.39 is 0 Å². The van der Waals surface area contributed by atoms with Crippen molar-refractivity contribution in [3.63, 3.8) is 0 Å². The van der Waals surface area contributed by atoms with E-state index in [4.69, 9.17) is 10.9 Å². The average Bonchev–Trinajstić information content (AvgIpc) is 2.25. The zero-order chi connectivity index (χ0) is 11.3. The van der Waals surface area contributed by atoms with Crippen LogP contribution in [0, 0.1) is 11.8 Å². The summed E-state index contributed by atoms with van der Waals surface area (Å²) in [6, 6.07) is 0. The largest absolute Gasteiger partial charge is 0.409 e. The molecular formula is C11H22N2OS. The maximum Gasteiger partial charge on any atom is 0.142 e. The van der Waals surface area contributed by atoms with E-state index in [1.54, 1.807) is 0 Å². The first-order valence-corrected chi connectivity index (χ1v) is 6.77. The molecule has 3 unspecified atom stereocenters. The Balaban J connectivity index is 2.24. The summed E-state index contributed by atoms with van der Waals surface area (Å²) in [6.45, 7) is 4.34. The van der Waals surface area contributed by atoms with Crippen molar-refractivity contribution < 1.29 is 5.21 Å². The van der Waals surface area contributed by atoms with Crippen LogP contribution in [0.3, 0.4) is 0 Å². The monoisotopic (exact) mass is 230 g/mol. The van der Waals surface area contributed by atoms with Crippen molar-refractivity contribution in [2.45, 2.75) is 44.8 Å². The number of hydrogen-bond donors (Lipinski definition) is 2. The van der Waals surface area contributed by atoms with E-state index in [1.807, 2.05) is 18.7 Å². The summed E-state index contributed by atoms with van der Waals surface area (Å²) in [5.41, 5.74) is 5.55. The third-order valence-electron chi connectivity index (χ3n) is 3.09. The highest BCUT2D eigenvalue weighted by atomic mass is 32.2. The van der Waals surface area contributed by atoms with Gasteiger partial charge in [0.15, 0.2) is 0 Å². The van der Waals surface area contributed by atoms with E-state index >= 15 is 0 Å². The lowest BCUT2D eigenvalue weighted by atomic mass is 9.91. The summed E-state index contributed by atoms with van der Waals surface area (Å²) in [5.74, 6) is 2.37. The minimum Gasteiger partial charge on any atom is -0.409 e.